The van der Waals surface area contributed by atoms with Crippen LogP contribution in [0.4, 0.5) is 0 Å². The van der Waals surface area contributed by atoms with Crippen LogP contribution in [0.2, 0.25) is 0 Å². The van der Waals surface area contributed by atoms with Gasteiger partial charge in [-0.05, 0) is 30.7 Å². The molecule has 5 nitrogen and oxygen atoms in total. The lowest BCUT2D eigenvalue weighted by Gasteiger charge is -2.12. The number of benzene rings is 1. The maximum atomic E-state index is 6.25. The van der Waals surface area contributed by atoms with E-state index in [1.165, 1.54) is 0 Å². The molecule has 0 radical (unpaired) electrons. The van der Waals surface area contributed by atoms with E-state index in [2.05, 4.69) is 10.3 Å². The zero-order valence-electron chi connectivity index (χ0n) is 10.5. The lowest BCUT2D eigenvalue weighted by molar-refractivity contribution is 0.479. The first-order chi connectivity index (χ1) is 9.27. The van der Waals surface area contributed by atoms with E-state index in [9.17, 15) is 0 Å². The fourth-order valence-electron chi connectivity index (χ4n) is 2.06. The number of aromatic nitrogens is 3. The fraction of sp³-hybridized carbons (Fsp3) is 0.143. The average Bonchev–Trinajstić information content (AvgIpc) is 3.07. The normalized spacial score (nSPS) is 12.5. The number of hydrogen-bond acceptors (Lipinski definition) is 4. The molecule has 2 aromatic heterocycles. The van der Waals surface area contributed by atoms with Crippen LogP contribution in [0, 0.1) is 6.92 Å². The number of nitrogens with two attached hydrogens (primary N) is 1. The van der Waals surface area contributed by atoms with Gasteiger partial charge >= 0.3 is 0 Å². The van der Waals surface area contributed by atoms with Crippen molar-refractivity contribution in [3.05, 3.63) is 65.9 Å². The summed E-state index contributed by atoms with van der Waals surface area (Å²) in [5.41, 5.74) is 8.99. The van der Waals surface area contributed by atoms with E-state index in [1.807, 2.05) is 43.3 Å². The molecule has 0 saturated heterocycles. The third kappa shape index (κ3) is 2.04. The molecule has 0 saturated carbocycles. The molecule has 0 fully saturated rings. The van der Waals surface area contributed by atoms with Gasteiger partial charge in [0.05, 0.1) is 23.8 Å². The first-order valence-electron chi connectivity index (χ1n) is 6.03. The first kappa shape index (κ1) is 11.7. The van der Waals surface area contributed by atoms with Gasteiger partial charge in [-0.1, -0.05) is 23.4 Å². The average molecular weight is 254 g/mol. The van der Waals surface area contributed by atoms with Gasteiger partial charge in [0, 0.05) is 0 Å². The summed E-state index contributed by atoms with van der Waals surface area (Å²) >= 11 is 0. The summed E-state index contributed by atoms with van der Waals surface area (Å²) < 4.78 is 7.18. The summed E-state index contributed by atoms with van der Waals surface area (Å²) in [6.07, 6.45) is 3.31. The van der Waals surface area contributed by atoms with Crippen molar-refractivity contribution in [3.8, 4) is 5.69 Å². The van der Waals surface area contributed by atoms with Crippen LogP contribution in [0.5, 0.6) is 0 Å². The molecule has 0 bridgehead atoms. The van der Waals surface area contributed by atoms with E-state index in [1.54, 1.807) is 17.1 Å². The highest BCUT2D eigenvalue weighted by Crippen LogP contribution is 2.24. The first-order valence-corrected chi connectivity index (χ1v) is 6.03. The van der Waals surface area contributed by atoms with Crippen LogP contribution in [0.3, 0.4) is 0 Å². The Morgan fingerprint density at radius 3 is 2.68 bits per heavy atom. The minimum atomic E-state index is -0.384. The van der Waals surface area contributed by atoms with Crippen molar-refractivity contribution >= 4 is 0 Å². The highest BCUT2D eigenvalue weighted by molar-refractivity contribution is 5.34. The van der Waals surface area contributed by atoms with Crippen LogP contribution >= 0.6 is 0 Å². The van der Waals surface area contributed by atoms with E-state index in [0.29, 0.717) is 0 Å². The third-order valence-electron chi connectivity index (χ3n) is 3.08. The minimum absolute atomic E-state index is 0.384. The molecule has 0 aliphatic heterocycles. The summed E-state index contributed by atoms with van der Waals surface area (Å²) in [4.78, 5) is 0. The molecule has 1 aromatic carbocycles. The Kier molecular flexibility index (Phi) is 2.89. The minimum Gasteiger partial charge on any atom is -0.467 e. The maximum absolute atomic E-state index is 6.25. The van der Waals surface area contributed by atoms with Gasteiger partial charge in [-0.25, -0.2) is 4.68 Å². The monoisotopic (exact) mass is 254 g/mol. The van der Waals surface area contributed by atoms with Crippen molar-refractivity contribution in [3.63, 3.8) is 0 Å². The predicted octanol–water partition coefficient (Wildman–Crippen LogP) is 2.22. The van der Waals surface area contributed by atoms with Crippen molar-refractivity contribution in [1.82, 2.24) is 15.0 Å². The molecule has 0 amide bonds. The van der Waals surface area contributed by atoms with E-state index in [0.717, 1.165) is 22.7 Å². The fourth-order valence-corrected chi connectivity index (χ4v) is 2.06. The molecule has 3 aromatic rings. The number of aryl methyl sites for hydroxylation is 1. The molecule has 19 heavy (non-hydrogen) atoms. The number of nitrogens with zero attached hydrogens (tertiary/aromatic N) is 3. The summed E-state index contributed by atoms with van der Waals surface area (Å²) in [7, 11) is 0. The quantitative estimate of drug-likeness (QED) is 0.778. The molecule has 1 atom stereocenters. The van der Waals surface area contributed by atoms with Crippen LogP contribution < -0.4 is 5.73 Å². The van der Waals surface area contributed by atoms with E-state index < -0.39 is 0 Å². The zero-order valence-corrected chi connectivity index (χ0v) is 10.5. The van der Waals surface area contributed by atoms with Crippen molar-refractivity contribution in [1.29, 1.82) is 0 Å². The van der Waals surface area contributed by atoms with E-state index >= 15 is 0 Å². The zero-order chi connectivity index (χ0) is 13.2. The van der Waals surface area contributed by atoms with Gasteiger partial charge in [0.1, 0.15) is 11.8 Å². The van der Waals surface area contributed by atoms with Crippen molar-refractivity contribution in [2.45, 2.75) is 13.0 Å². The smallest absolute Gasteiger partial charge is 0.129 e. The topological polar surface area (TPSA) is 69.9 Å². The Labute approximate surface area is 110 Å². The second-order valence-corrected chi connectivity index (χ2v) is 4.35. The Balaban J connectivity index is 2.04. The highest BCUT2D eigenvalue weighted by Gasteiger charge is 2.20. The lowest BCUT2D eigenvalue weighted by Crippen LogP contribution is -2.16. The third-order valence-corrected chi connectivity index (χ3v) is 3.08. The number of furan rings is 1. The van der Waals surface area contributed by atoms with Crippen molar-refractivity contribution in [2.75, 3.05) is 0 Å². The molecule has 0 aliphatic rings. The number of hydrogen-bond donors (Lipinski definition) is 1. The molecule has 0 aliphatic carbocycles. The van der Waals surface area contributed by atoms with Gasteiger partial charge in [-0.15, -0.1) is 5.10 Å². The Bertz CT molecular complexity index is 672. The SMILES string of the molecule is Cc1ccoc1C(N)c1cnnn1-c1ccccc1. The van der Waals surface area contributed by atoms with Gasteiger partial charge in [0.25, 0.3) is 0 Å². The van der Waals surface area contributed by atoms with E-state index in [-0.39, 0.29) is 6.04 Å². The molecule has 5 heteroatoms. The molecular formula is C14H14N4O. The molecule has 2 N–H and O–H groups in total. The highest BCUT2D eigenvalue weighted by atomic mass is 16.3. The van der Waals surface area contributed by atoms with Gasteiger partial charge in [0.2, 0.25) is 0 Å². The number of rotatable bonds is 3. The molecule has 3 rings (SSSR count). The van der Waals surface area contributed by atoms with Crippen LogP contribution in [-0.4, -0.2) is 15.0 Å². The maximum Gasteiger partial charge on any atom is 0.129 e. The molecule has 0 spiro atoms. The molecular weight excluding hydrogens is 240 g/mol. The standard InChI is InChI=1S/C14H14N4O/c1-10-7-8-19-14(10)13(15)12-9-16-17-18(12)11-5-3-2-4-6-11/h2-9,13H,15H2,1H3. The molecule has 2 heterocycles. The van der Waals surface area contributed by atoms with Crippen LogP contribution in [0.1, 0.15) is 23.1 Å². The molecule has 96 valence electrons. The van der Waals surface area contributed by atoms with Crippen LogP contribution in [-0.2, 0) is 0 Å². The van der Waals surface area contributed by atoms with Gasteiger partial charge in [0.15, 0.2) is 0 Å². The summed E-state index contributed by atoms with van der Waals surface area (Å²) in [6.45, 7) is 1.97. The van der Waals surface area contributed by atoms with Crippen molar-refractivity contribution in [2.24, 2.45) is 5.73 Å². The Morgan fingerprint density at radius 2 is 2.00 bits per heavy atom. The predicted molar refractivity (Wildman–Crippen MR) is 70.8 cm³/mol. The summed E-state index contributed by atoms with van der Waals surface area (Å²) in [6, 6.07) is 11.3. The van der Waals surface area contributed by atoms with Crippen LogP contribution in [0.15, 0.2) is 53.3 Å². The largest absolute Gasteiger partial charge is 0.467 e. The number of para-hydroxylation sites is 1. The van der Waals surface area contributed by atoms with Gasteiger partial charge in [-0.2, -0.15) is 0 Å². The van der Waals surface area contributed by atoms with Gasteiger partial charge in [-0.3, -0.25) is 0 Å². The van der Waals surface area contributed by atoms with Crippen LogP contribution in [0.25, 0.3) is 5.69 Å². The Hall–Kier alpha value is -2.40. The van der Waals surface area contributed by atoms with E-state index in [4.69, 9.17) is 10.2 Å². The van der Waals surface area contributed by atoms with Gasteiger partial charge < -0.3 is 10.2 Å². The summed E-state index contributed by atoms with van der Waals surface area (Å²) in [5, 5.41) is 8.04. The Morgan fingerprint density at radius 1 is 1.21 bits per heavy atom. The second kappa shape index (κ2) is 4.70. The summed E-state index contributed by atoms with van der Waals surface area (Å²) in [5.74, 6) is 0.736. The lowest BCUT2D eigenvalue weighted by atomic mass is 10.1. The second-order valence-electron chi connectivity index (χ2n) is 4.35. The molecule has 1 unspecified atom stereocenters. The van der Waals surface area contributed by atoms with Crippen molar-refractivity contribution < 1.29 is 4.42 Å².